The van der Waals surface area contributed by atoms with Crippen LogP contribution in [0.2, 0.25) is 0 Å². The Hall–Kier alpha value is -1.56. The first-order valence-corrected chi connectivity index (χ1v) is 6.61. The lowest BCUT2D eigenvalue weighted by Crippen LogP contribution is -2.40. The van der Waals surface area contributed by atoms with Crippen LogP contribution < -0.4 is 5.32 Å². The van der Waals surface area contributed by atoms with Gasteiger partial charge < -0.3 is 15.5 Å². The van der Waals surface area contributed by atoms with Crippen molar-refractivity contribution >= 4 is 27.8 Å². The van der Waals surface area contributed by atoms with E-state index in [9.17, 15) is 14.7 Å². The van der Waals surface area contributed by atoms with Gasteiger partial charge in [0.05, 0.1) is 10.9 Å². The van der Waals surface area contributed by atoms with Crippen LogP contribution in [0.1, 0.15) is 30.6 Å². The molecule has 0 aliphatic rings. The maximum Gasteiger partial charge on any atom is 0.305 e. The number of aliphatic carboxylic acids is 1. The van der Waals surface area contributed by atoms with Gasteiger partial charge in [0.2, 0.25) is 0 Å². The van der Waals surface area contributed by atoms with Gasteiger partial charge in [0.1, 0.15) is 5.75 Å². The molecule has 1 aromatic carbocycles. The van der Waals surface area contributed by atoms with Gasteiger partial charge in [0.15, 0.2) is 0 Å². The van der Waals surface area contributed by atoms with Gasteiger partial charge in [0.25, 0.3) is 5.91 Å². The van der Waals surface area contributed by atoms with E-state index in [1.54, 1.807) is 12.1 Å². The molecule has 0 bridgehead atoms. The van der Waals surface area contributed by atoms with E-state index in [1.165, 1.54) is 6.07 Å². The number of carboxylic acid groups (broad SMARTS) is 1. The highest BCUT2D eigenvalue weighted by atomic mass is 79.9. The van der Waals surface area contributed by atoms with Gasteiger partial charge in [0, 0.05) is 11.6 Å². The average molecular weight is 330 g/mol. The SMILES string of the molecule is CC(C)C(CC(=O)O)NC(=O)c1ccc(Br)c(O)c1. The molecule has 0 radical (unpaired) electrons. The summed E-state index contributed by atoms with van der Waals surface area (Å²) in [6.07, 6.45) is -0.133. The second-order valence-corrected chi connectivity index (χ2v) is 5.44. The highest BCUT2D eigenvalue weighted by Gasteiger charge is 2.20. The van der Waals surface area contributed by atoms with Crippen molar-refractivity contribution < 1.29 is 19.8 Å². The molecule has 1 unspecified atom stereocenters. The molecule has 0 saturated heterocycles. The topological polar surface area (TPSA) is 86.6 Å². The Labute approximate surface area is 119 Å². The second kappa shape index (κ2) is 6.56. The fraction of sp³-hybridized carbons (Fsp3) is 0.385. The summed E-state index contributed by atoms with van der Waals surface area (Å²) >= 11 is 3.13. The monoisotopic (exact) mass is 329 g/mol. The van der Waals surface area contributed by atoms with E-state index in [1.807, 2.05) is 13.8 Å². The molecule has 0 aliphatic carbocycles. The van der Waals surface area contributed by atoms with Crippen molar-refractivity contribution in [2.45, 2.75) is 26.3 Å². The van der Waals surface area contributed by atoms with E-state index < -0.39 is 17.9 Å². The normalized spacial score (nSPS) is 12.2. The first kappa shape index (κ1) is 15.5. The molecule has 0 spiro atoms. The van der Waals surface area contributed by atoms with Crippen LogP contribution in [0.4, 0.5) is 0 Å². The molecule has 1 atom stereocenters. The van der Waals surface area contributed by atoms with Crippen molar-refractivity contribution in [2.75, 3.05) is 0 Å². The summed E-state index contributed by atoms with van der Waals surface area (Å²) in [5.74, 6) is -1.39. The highest BCUT2D eigenvalue weighted by Crippen LogP contribution is 2.24. The smallest absolute Gasteiger partial charge is 0.305 e. The minimum atomic E-state index is -0.961. The minimum absolute atomic E-state index is 0.00379. The molecule has 1 aromatic rings. The largest absolute Gasteiger partial charge is 0.507 e. The zero-order chi connectivity index (χ0) is 14.6. The zero-order valence-electron chi connectivity index (χ0n) is 10.7. The molecule has 1 rings (SSSR count). The summed E-state index contributed by atoms with van der Waals surface area (Å²) in [7, 11) is 0. The summed E-state index contributed by atoms with van der Waals surface area (Å²) < 4.78 is 0.495. The number of phenolic OH excluding ortho intramolecular Hbond substituents is 1. The van der Waals surface area contributed by atoms with Crippen LogP contribution in [0.15, 0.2) is 22.7 Å². The van der Waals surface area contributed by atoms with Crippen molar-refractivity contribution in [1.29, 1.82) is 0 Å². The number of carbonyl (C=O) groups is 2. The Morgan fingerprint density at radius 2 is 2.00 bits per heavy atom. The summed E-state index contributed by atoms with van der Waals surface area (Å²) in [6, 6.07) is 4.00. The molecule has 104 valence electrons. The highest BCUT2D eigenvalue weighted by molar-refractivity contribution is 9.10. The molecule has 3 N–H and O–H groups in total. The van der Waals surface area contributed by atoms with Crippen LogP contribution >= 0.6 is 15.9 Å². The molecule has 0 aromatic heterocycles. The summed E-state index contributed by atoms with van der Waals surface area (Å²) in [5.41, 5.74) is 0.289. The first-order chi connectivity index (χ1) is 8.81. The fourth-order valence-corrected chi connectivity index (χ4v) is 1.79. The van der Waals surface area contributed by atoms with Crippen LogP contribution in [0.25, 0.3) is 0 Å². The maximum absolute atomic E-state index is 12.0. The number of amides is 1. The van der Waals surface area contributed by atoms with Crippen LogP contribution in [-0.4, -0.2) is 28.1 Å². The number of aromatic hydroxyl groups is 1. The Balaban J connectivity index is 2.81. The summed E-state index contributed by atoms with van der Waals surface area (Å²) in [5, 5.41) is 21.0. The van der Waals surface area contributed by atoms with E-state index in [4.69, 9.17) is 5.11 Å². The lowest BCUT2D eigenvalue weighted by atomic mass is 10.0. The molecule has 0 fully saturated rings. The number of hydrogen-bond donors (Lipinski definition) is 3. The van der Waals surface area contributed by atoms with E-state index in [2.05, 4.69) is 21.2 Å². The number of carboxylic acids is 1. The Morgan fingerprint density at radius 3 is 2.47 bits per heavy atom. The van der Waals surface area contributed by atoms with Gasteiger partial charge in [-0.1, -0.05) is 13.8 Å². The summed E-state index contributed by atoms with van der Waals surface area (Å²) in [6.45, 7) is 3.68. The van der Waals surface area contributed by atoms with Crippen molar-refractivity contribution in [3.63, 3.8) is 0 Å². The number of halogens is 1. The zero-order valence-corrected chi connectivity index (χ0v) is 12.3. The first-order valence-electron chi connectivity index (χ1n) is 5.82. The number of nitrogens with one attached hydrogen (secondary N) is 1. The summed E-state index contributed by atoms with van der Waals surface area (Å²) in [4.78, 5) is 22.7. The molecule has 0 aliphatic heterocycles. The molecule has 5 nitrogen and oxygen atoms in total. The molecular formula is C13H16BrNO4. The number of phenols is 1. The Bertz CT molecular complexity index is 488. The Kier molecular flexibility index (Phi) is 5.35. The van der Waals surface area contributed by atoms with Crippen molar-refractivity contribution in [2.24, 2.45) is 5.92 Å². The van der Waals surface area contributed by atoms with Gasteiger partial charge in [-0.2, -0.15) is 0 Å². The van der Waals surface area contributed by atoms with E-state index in [0.29, 0.717) is 4.47 Å². The number of rotatable bonds is 5. The second-order valence-electron chi connectivity index (χ2n) is 4.59. The van der Waals surface area contributed by atoms with Gasteiger partial charge in [-0.3, -0.25) is 9.59 Å². The average Bonchev–Trinajstić information content (AvgIpc) is 2.31. The maximum atomic E-state index is 12.0. The van der Waals surface area contributed by atoms with Crippen LogP contribution in [0.3, 0.4) is 0 Å². The van der Waals surface area contributed by atoms with Crippen LogP contribution in [-0.2, 0) is 4.79 Å². The van der Waals surface area contributed by atoms with E-state index in [-0.39, 0.29) is 23.7 Å². The number of benzene rings is 1. The third-order valence-corrected chi connectivity index (χ3v) is 3.39. The molecule has 6 heteroatoms. The molecule has 1 amide bonds. The number of hydrogen-bond acceptors (Lipinski definition) is 3. The van der Waals surface area contributed by atoms with Crippen molar-refractivity contribution in [3.8, 4) is 5.75 Å². The van der Waals surface area contributed by atoms with Gasteiger partial charge >= 0.3 is 5.97 Å². The van der Waals surface area contributed by atoms with Crippen molar-refractivity contribution in [1.82, 2.24) is 5.32 Å². The predicted octanol–water partition coefficient (Wildman–Crippen LogP) is 2.38. The number of carbonyl (C=O) groups excluding carboxylic acids is 1. The predicted molar refractivity (Wildman–Crippen MR) is 74.2 cm³/mol. The molecule has 0 saturated carbocycles. The van der Waals surface area contributed by atoms with Gasteiger partial charge in [-0.15, -0.1) is 0 Å². The lowest BCUT2D eigenvalue weighted by molar-refractivity contribution is -0.137. The third kappa shape index (κ3) is 4.55. The molecular weight excluding hydrogens is 314 g/mol. The Morgan fingerprint density at radius 1 is 1.37 bits per heavy atom. The quantitative estimate of drug-likeness (QED) is 0.774. The van der Waals surface area contributed by atoms with Crippen LogP contribution in [0, 0.1) is 5.92 Å². The standard InChI is InChI=1S/C13H16BrNO4/c1-7(2)10(6-12(17)18)15-13(19)8-3-4-9(14)11(16)5-8/h3-5,7,10,16H,6H2,1-2H3,(H,15,19)(H,17,18). The van der Waals surface area contributed by atoms with Crippen LogP contribution in [0.5, 0.6) is 5.75 Å². The van der Waals surface area contributed by atoms with Crippen molar-refractivity contribution in [3.05, 3.63) is 28.2 Å². The molecule has 0 heterocycles. The molecule has 19 heavy (non-hydrogen) atoms. The van der Waals surface area contributed by atoms with E-state index in [0.717, 1.165) is 0 Å². The van der Waals surface area contributed by atoms with E-state index >= 15 is 0 Å². The third-order valence-electron chi connectivity index (χ3n) is 2.72. The minimum Gasteiger partial charge on any atom is -0.507 e. The van der Waals surface area contributed by atoms with Gasteiger partial charge in [-0.05, 0) is 40.0 Å². The lowest BCUT2D eigenvalue weighted by Gasteiger charge is -2.20. The van der Waals surface area contributed by atoms with Gasteiger partial charge in [-0.25, -0.2) is 0 Å². The fourth-order valence-electron chi connectivity index (χ4n) is 1.55.